The van der Waals surface area contributed by atoms with Gasteiger partial charge in [0.15, 0.2) is 5.82 Å². The summed E-state index contributed by atoms with van der Waals surface area (Å²) in [4.78, 5) is 18.8. The van der Waals surface area contributed by atoms with Crippen molar-refractivity contribution in [2.45, 2.75) is 37.8 Å². The van der Waals surface area contributed by atoms with Gasteiger partial charge in [-0.25, -0.2) is 0 Å². The third-order valence-electron chi connectivity index (χ3n) is 3.86. The van der Waals surface area contributed by atoms with Gasteiger partial charge in [0.1, 0.15) is 6.54 Å². The third-order valence-corrected chi connectivity index (χ3v) is 4.72. The number of hydrogen-bond acceptors (Lipinski definition) is 6. The average molecular weight is 306 g/mol. The molecule has 0 unspecified atom stereocenters. The van der Waals surface area contributed by atoms with Gasteiger partial charge in [-0.05, 0) is 24.3 Å². The molecule has 0 saturated heterocycles. The van der Waals surface area contributed by atoms with Crippen LogP contribution in [-0.2, 0) is 12.1 Å². The fourth-order valence-corrected chi connectivity index (χ4v) is 3.33. The molecule has 1 aliphatic carbocycles. The number of rotatable bonds is 4. The maximum absolute atomic E-state index is 12.2. The van der Waals surface area contributed by atoms with Crippen molar-refractivity contribution in [1.82, 2.24) is 15.0 Å². The second kappa shape index (κ2) is 5.57. The van der Waals surface area contributed by atoms with E-state index in [0.29, 0.717) is 23.1 Å². The Labute approximate surface area is 126 Å². The molecule has 1 aliphatic rings. The lowest BCUT2D eigenvalue weighted by Gasteiger charge is -2.18. The third kappa shape index (κ3) is 2.84. The average Bonchev–Trinajstić information content (AvgIpc) is 3.18. The summed E-state index contributed by atoms with van der Waals surface area (Å²) in [7, 11) is 1.72. The monoisotopic (exact) mass is 306 g/mol. The maximum atomic E-state index is 12.2. The number of nitrogens with zero attached hydrogens (tertiary/aromatic N) is 3. The molecule has 21 heavy (non-hydrogen) atoms. The summed E-state index contributed by atoms with van der Waals surface area (Å²) < 4.78 is 5.25. The Morgan fingerprint density at radius 1 is 1.52 bits per heavy atom. The number of amides is 1. The van der Waals surface area contributed by atoms with Gasteiger partial charge in [0.05, 0.1) is 10.4 Å². The molecule has 0 bridgehead atoms. The second-order valence-corrected chi connectivity index (χ2v) is 6.46. The molecule has 1 saturated carbocycles. The molecule has 0 aromatic carbocycles. The Balaban J connectivity index is 1.68. The number of nitrogens with two attached hydrogens (primary N) is 1. The number of aromatic nitrogens is 2. The van der Waals surface area contributed by atoms with Gasteiger partial charge in [-0.1, -0.05) is 24.1 Å². The van der Waals surface area contributed by atoms with Gasteiger partial charge in [-0.2, -0.15) is 4.98 Å². The zero-order valence-electron chi connectivity index (χ0n) is 11.9. The van der Waals surface area contributed by atoms with E-state index in [0.717, 1.165) is 25.7 Å². The fourth-order valence-electron chi connectivity index (χ4n) is 2.61. The van der Waals surface area contributed by atoms with Gasteiger partial charge in [-0.15, -0.1) is 11.3 Å². The van der Waals surface area contributed by atoms with Crippen molar-refractivity contribution in [2.75, 3.05) is 7.05 Å². The lowest BCUT2D eigenvalue weighted by molar-refractivity contribution is 0.0774. The Hall–Kier alpha value is -1.73. The van der Waals surface area contributed by atoms with E-state index in [1.807, 2.05) is 11.4 Å². The highest BCUT2D eigenvalue weighted by molar-refractivity contribution is 7.12. The summed E-state index contributed by atoms with van der Waals surface area (Å²) in [6, 6.07) is 3.66. The van der Waals surface area contributed by atoms with Crippen LogP contribution in [0.5, 0.6) is 0 Å². The quantitative estimate of drug-likeness (QED) is 0.935. The SMILES string of the molecule is CN(Cc1nc(C2(N)CCCC2)no1)C(=O)c1cccs1. The van der Waals surface area contributed by atoms with E-state index in [2.05, 4.69) is 10.1 Å². The molecule has 0 aliphatic heterocycles. The first-order chi connectivity index (χ1) is 10.1. The Bertz CT molecular complexity index is 617. The van der Waals surface area contributed by atoms with Crippen LogP contribution in [0.1, 0.15) is 47.1 Å². The summed E-state index contributed by atoms with van der Waals surface area (Å²) in [5.41, 5.74) is 5.84. The molecule has 2 N–H and O–H groups in total. The summed E-state index contributed by atoms with van der Waals surface area (Å²) in [5.74, 6) is 0.939. The largest absolute Gasteiger partial charge is 0.337 e. The van der Waals surface area contributed by atoms with Gasteiger partial charge >= 0.3 is 0 Å². The second-order valence-electron chi connectivity index (χ2n) is 5.51. The van der Waals surface area contributed by atoms with Crippen molar-refractivity contribution < 1.29 is 9.32 Å². The van der Waals surface area contributed by atoms with E-state index in [1.54, 1.807) is 18.0 Å². The Morgan fingerprint density at radius 3 is 2.95 bits per heavy atom. The van der Waals surface area contributed by atoms with E-state index in [4.69, 9.17) is 10.3 Å². The Kier molecular flexibility index (Phi) is 3.77. The number of hydrogen-bond donors (Lipinski definition) is 1. The molecule has 0 spiro atoms. The van der Waals surface area contributed by atoms with Crippen LogP contribution in [0.3, 0.4) is 0 Å². The first kappa shape index (κ1) is 14.2. The zero-order valence-corrected chi connectivity index (χ0v) is 12.7. The number of carbonyl (C=O) groups is 1. The van der Waals surface area contributed by atoms with Crippen LogP contribution in [0.25, 0.3) is 0 Å². The summed E-state index contributed by atoms with van der Waals surface area (Å²) in [6.07, 6.45) is 3.96. The lowest BCUT2D eigenvalue weighted by atomic mass is 9.99. The van der Waals surface area contributed by atoms with Crippen LogP contribution < -0.4 is 5.73 Å². The number of thiophene rings is 1. The smallest absolute Gasteiger partial charge is 0.264 e. The highest BCUT2D eigenvalue weighted by Gasteiger charge is 2.36. The maximum Gasteiger partial charge on any atom is 0.264 e. The molecule has 112 valence electrons. The zero-order chi connectivity index (χ0) is 14.9. The minimum Gasteiger partial charge on any atom is -0.337 e. The molecule has 2 heterocycles. The van der Waals surface area contributed by atoms with E-state index >= 15 is 0 Å². The van der Waals surface area contributed by atoms with Crippen LogP contribution in [-0.4, -0.2) is 28.0 Å². The molecule has 6 nitrogen and oxygen atoms in total. The highest BCUT2D eigenvalue weighted by Crippen LogP contribution is 2.34. The van der Waals surface area contributed by atoms with Crippen molar-refractivity contribution in [2.24, 2.45) is 5.73 Å². The first-order valence-electron chi connectivity index (χ1n) is 6.99. The van der Waals surface area contributed by atoms with Gasteiger partial charge < -0.3 is 15.2 Å². The highest BCUT2D eigenvalue weighted by atomic mass is 32.1. The first-order valence-corrected chi connectivity index (χ1v) is 7.87. The van der Waals surface area contributed by atoms with Crippen molar-refractivity contribution in [3.05, 3.63) is 34.1 Å². The van der Waals surface area contributed by atoms with Crippen LogP contribution in [0.2, 0.25) is 0 Å². The van der Waals surface area contributed by atoms with Crippen molar-refractivity contribution in [1.29, 1.82) is 0 Å². The summed E-state index contributed by atoms with van der Waals surface area (Å²) in [5, 5.41) is 5.88. The standard InChI is InChI=1S/C14H18N4O2S/c1-18(12(19)10-5-4-8-21-10)9-11-16-13(17-20-11)14(15)6-2-3-7-14/h4-5,8H,2-3,6-7,9,15H2,1H3. The minimum atomic E-state index is -0.460. The predicted molar refractivity (Wildman–Crippen MR) is 78.7 cm³/mol. The topological polar surface area (TPSA) is 85.2 Å². The van der Waals surface area contributed by atoms with E-state index in [1.165, 1.54) is 11.3 Å². The van der Waals surface area contributed by atoms with Crippen molar-refractivity contribution in [3.63, 3.8) is 0 Å². The van der Waals surface area contributed by atoms with Gasteiger partial charge in [0, 0.05) is 7.05 Å². The molecule has 0 radical (unpaired) electrons. The summed E-state index contributed by atoms with van der Waals surface area (Å²) in [6.45, 7) is 0.291. The molecule has 3 rings (SSSR count). The van der Waals surface area contributed by atoms with Gasteiger partial charge in [0.25, 0.3) is 5.91 Å². The van der Waals surface area contributed by atoms with E-state index in [-0.39, 0.29) is 5.91 Å². The van der Waals surface area contributed by atoms with Crippen LogP contribution in [0, 0.1) is 0 Å². The summed E-state index contributed by atoms with van der Waals surface area (Å²) >= 11 is 1.42. The molecule has 1 fully saturated rings. The van der Waals surface area contributed by atoms with Crippen LogP contribution in [0.15, 0.2) is 22.0 Å². The molecule has 1 amide bonds. The lowest BCUT2D eigenvalue weighted by Crippen LogP contribution is -2.34. The molecular weight excluding hydrogens is 288 g/mol. The molecule has 2 aromatic heterocycles. The van der Waals surface area contributed by atoms with Crippen molar-refractivity contribution in [3.8, 4) is 0 Å². The molecule has 0 atom stereocenters. The Morgan fingerprint density at radius 2 is 2.29 bits per heavy atom. The fraction of sp³-hybridized carbons (Fsp3) is 0.500. The van der Waals surface area contributed by atoms with E-state index < -0.39 is 5.54 Å². The van der Waals surface area contributed by atoms with E-state index in [9.17, 15) is 4.79 Å². The van der Waals surface area contributed by atoms with Crippen molar-refractivity contribution >= 4 is 17.2 Å². The van der Waals surface area contributed by atoms with Crippen LogP contribution in [0.4, 0.5) is 0 Å². The molecule has 2 aromatic rings. The predicted octanol–water partition coefficient (Wildman–Crippen LogP) is 2.13. The minimum absolute atomic E-state index is 0.0481. The number of carbonyl (C=O) groups excluding carboxylic acids is 1. The van der Waals surface area contributed by atoms with Gasteiger partial charge in [0.2, 0.25) is 5.89 Å². The van der Waals surface area contributed by atoms with Crippen LogP contribution >= 0.6 is 11.3 Å². The molecular formula is C14H18N4O2S. The molecule has 7 heteroatoms. The normalized spacial score (nSPS) is 17.0. The van der Waals surface area contributed by atoms with Gasteiger partial charge in [-0.3, -0.25) is 4.79 Å².